The molecule has 2 heterocycles. The molecule has 2 saturated heterocycles. The number of carboxylic acids is 1. The van der Waals surface area contributed by atoms with Gasteiger partial charge >= 0.3 is 5.97 Å². The van der Waals surface area contributed by atoms with Gasteiger partial charge < -0.3 is 59.8 Å². The number of aliphatic carboxylic acids is 1. The number of hydrogen-bond acceptors (Lipinski definition) is 12. The number of aliphatic hydroxyl groups excluding tert-OH is 7. The fraction of sp³-hybridized carbons (Fsp3) is 0.964. The first kappa shape index (κ1) is 36.2. The highest BCUT2D eigenvalue weighted by Gasteiger charge is 2.51. The van der Waals surface area contributed by atoms with Crippen LogP contribution in [0.3, 0.4) is 0 Å². The van der Waals surface area contributed by atoms with Gasteiger partial charge in [0.05, 0.1) is 19.3 Å². The summed E-state index contributed by atoms with van der Waals surface area (Å²) in [5, 5.41) is 79.2. The van der Waals surface area contributed by atoms with E-state index in [9.17, 15) is 40.5 Å². The molecule has 0 aromatic carbocycles. The molecule has 0 aromatic heterocycles. The van der Waals surface area contributed by atoms with Crippen molar-refractivity contribution in [1.82, 2.24) is 0 Å². The lowest BCUT2D eigenvalue weighted by Gasteiger charge is -2.46. The third kappa shape index (κ3) is 11.9. The Hall–Kier alpha value is -0.970. The Balaban J connectivity index is 1.74. The van der Waals surface area contributed by atoms with Crippen molar-refractivity contribution in [3.63, 3.8) is 0 Å². The zero-order chi connectivity index (χ0) is 30.4. The van der Waals surface area contributed by atoms with Gasteiger partial charge in [0.2, 0.25) is 0 Å². The van der Waals surface area contributed by atoms with Crippen LogP contribution in [0.5, 0.6) is 0 Å². The average molecular weight is 597 g/mol. The number of hydrogen-bond donors (Lipinski definition) is 8. The van der Waals surface area contributed by atoms with Crippen molar-refractivity contribution >= 4 is 5.97 Å². The van der Waals surface area contributed by atoms with Crippen LogP contribution in [0.25, 0.3) is 0 Å². The van der Waals surface area contributed by atoms with Crippen molar-refractivity contribution in [3.05, 3.63) is 0 Å². The van der Waals surface area contributed by atoms with Crippen molar-refractivity contribution < 1.29 is 64.6 Å². The largest absolute Gasteiger partial charge is 0.481 e. The van der Waals surface area contributed by atoms with Crippen LogP contribution in [-0.4, -0.2) is 128 Å². The maximum Gasteiger partial charge on any atom is 0.303 e. The van der Waals surface area contributed by atoms with Crippen LogP contribution in [0.15, 0.2) is 0 Å². The third-order valence-corrected chi connectivity index (χ3v) is 7.83. The highest BCUT2D eigenvalue weighted by molar-refractivity contribution is 5.66. The standard InChI is InChI=1S/C28H52O13/c1-17(13-11-9-7-5-3-2-4-6-8-10-12-14-20(31)32)38-28-26(24(36)22(34)19(16-30)40-28)41-27-25(37)23(35)21(33)18(15-29)39-27/h17-19,21-30,33-37H,2-16H2,1H3,(H,31,32)/t17?,18-,19-,21-,22-,23+,24+,25-,26-,27+,28-/m1/s1. The van der Waals surface area contributed by atoms with Gasteiger partial charge in [-0.25, -0.2) is 0 Å². The van der Waals surface area contributed by atoms with Crippen molar-refractivity contribution in [1.29, 1.82) is 0 Å². The zero-order valence-electron chi connectivity index (χ0n) is 24.1. The Morgan fingerprint density at radius 1 is 0.659 bits per heavy atom. The second-order valence-corrected chi connectivity index (χ2v) is 11.3. The number of carboxylic acid groups (broad SMARTS) is 1. The molecule has 13 nitrogen and oxygen atoms in total. The van der Waals surface area contributed by atoms with E-state index >= 15 is 0 Å². The smallest absolute Gasteiger partial charge is 0.303 e. The molecular weight excluding hydrogens is 544 g/mol. The van der Waals surface area contributed by atoms with E-state index in [1.807, 2.05) is 6.92 Å². The minimum Gasteiger partial charge on any atom is -0.481 e. The maximum atomic E-state index is 10.7. The van der Waals surface area contributed by atoms with E-state index in [1.54, 1.807) is 0 Å². The number of ether oxygens (including phenoxy) is 4. The molecule has 2 aliphatic heterocycles. The van der Waals surface area contributed by atoms with E-state index in [-0.39, 0.29) is 12.5 Å². The summed E-state index contributed by atoms with van der Waals surface area (Å²) in [6.07, 6.45) is -2.43. The summed E-state index contributed by atoms with van der Waals surface area (Å²) in [5.74, 6) is -0.729. The molecule has 0 bridgehead atoms. The summed E-state index contributed by atoms with van der Waals surface area (Å²) in [6.45, 7) is 0.594. The molecule has 11 atom stereocenters. The second-order valence-electron chi connectivity index (χ2n) is 11.3. The molecule has 41 heavy (non-hydrogen) atoms. The van der Waals surface area contributed by atoms with Crippen molar-refractivity contribution in [2.24, 2.45) is 0 Å². The lowest BCUT2D eigenvalue weighted by Crippen LogP contribution is -2.64. The van der Waals surface area contributed by atoms with E-state index in [0.717, 1.165) is 57.8 Å². The zero-order valence-corrected chi connectivity index (χ0v) is 24.1. The third-order valence-electron chi connectivity index (χ3n) is 7.83. The van der Waals surface area contributed by atoms with Gasteiger partial charge in [0.1, 0.15) is 48.8 Å². The molecule has 0 aliphatic carbocycles. The van der Waals surface area contributed by atoms with Gasteiger partial charge in [-0.05, 0) is 19.8 Å². The highest BCUT2D eigenvalue weighted by Crippen LogP contribution is 2.30. The quantitative estimate of drug-likeness (QED) is 0.0881. The Morgan fingerprint density at radius 3 is 1.63 bits per heavy atom. The summed E-state index contributed by atoms with van der Waals surface area (Å²) in [4.78, 5) is 10.5. The van der Waals surface area contributed by atoms with Crippen LogP contribution in [-0.2, 0) is 23.7 Å². The van der Waals surface area contributed by atoms with Gasteiger partial charge in [-0.3, -0.25) is 4.79 Å². The number of unbranched alkanes of at least 4 members (excludes halogenated alkanes) is 10. The second kappa shape index (κ2) is 19.3. The molecule has 0 spiro atoms. The fourth-order valence-electron chi connectivity index (χ4n) is 5.24. The number of aliphatic hydroxyl groups is 7. The van der Waals surface area contributed by atoms with E-state index in [0.29, 0.717) is 6.42 Å². The topological polar surface area (TPSA) is 216 Å². The van der Waals surface area contributed by atoms with E-state index in [4.69, 9.17) is 24.1 Å². The first-order valence-corrected chi connectivity index (χ1v) is 15.1. The van der Waals surface area contributed by atoms with Gasteiger partial charge in [0.25, 0.3) is 0 Å². The van der Waals surface area contributed by atoms with E-state index < -0.39 is 80.6 Å². The monoisotopic (exact) mass is 596 g/mol. The molecular formula is C28H52O13. The normalized spacial score (nSPS) is 34.9. The molecule has 2 rings (SSSR count). The fourth-order valence-corrected chi connectivity index (χ4v) is 5.24. The van der Waals surface area contributed by atoms with Gasteiger partial charge in [-0.15, -0.1) is 0 Å². The molecule has 0 saturated carbocycles. The predicted octanol–water partition coefficient (Wildman–Crippen LogP) is 0.172. The SMILES string of the molecule is CC(CCCCCCCCCCCCCC(=O)O)O[C@@H]1O[C@H](CO)[C@@H](O)[C@H](O)[C@H]1O[C@@H]1O[C@H](CO)[C@@H](O)[C@H](O)[C@H]1O. The van der Waals surface area contributed by atoms with Gasteiger partial charge in [-0.1, -0.05) is 64.2 Å². The highest BCUT2D eigenvalue weighted by atomic mass is 16.8. The number of carbonyl (C=O) groups is 1. The van der Waals surface area contributed by atoms with Crippen LogP contribution in [0.2, 0.25) is 0 Å². The molecule has 0 amide bonds. The molecule has 2 fully saturated rings. The summed E-state index contributed by atoms with van der Waals surface area (Å²) in [5.41, 5.74) is 0. The minimum absolute atomic E-state index is 0.252. The average Bonchev–Trinajstić information content (AvgIpc) is 2.94. The first-order chi connectivity index (χ1) is 19.6. The van der Waals surface area contributed by atoms with Crippen LogP contribution in [0.1, 0.15) is 90.4 Å². The molecule has 0 aromatic rings. The molecule has 0 radical (unpaired) electrons. The number of rotatable bonds is 20. The van der Waals surface area contributed by atoms with Gasteiger partial charge in [0, 0.05) is 6.42 Å². The Kier molecular flexibility index (Phi) is 17.1. The van der Waals surface area contributed by atoms with Crippen molar-refractivity contribution in [3.8, 4) is 0 Å². The van der Waals surface area contributed by atoms with E-state index in [1.165, 1.54) is 12.8 Å². The first-order valence-electron chi connectivity index (χ1n) is 15.1. The summed E-state index contributed by atoms with van der Waals surface area (Å²) in [6, 6.07) is 0. The molecule has 1 unspecified atom stereocenters. The molecule has 13 heteroatoms. The Bertz CT molecular complexity index is 710. The van der Waals surface area contributed by atoms with Gasteiger partial charge in [0.15, 0.2) is 12.6 Å². The maximum absolute atomic E-state index is 10.7. The van der Waals surface area contributed by atoms with Gasteiger partial charge in [-0.2, -0.15) is 0 Å². The van der Waals surface area contributed by atoms with Crippen LogP contribution < -0.4 is 0 Å². The van der Waals surface area contributed by atoms with Crippen LogP contribution in [0, 0.1) is 0 Å². The van der Waals surface area contributed by atoms with Crippen LogP contribution >= 0.6 is 0 Å². The lowest BCUT2D eigenvalue weighted by molar-refractivity contribution is -0.371. The summed E-state index contributed by atoms with van der Waals surface area (Å²) >= 11 is 0. The van der Waals surface area contributed by atoms with E-state index in [2.05, 4.69) is 0 Å². The van der Waals surface area contributed by atoms with Crippen molar-refractivity contribution in [2.45, 2.75) is 158 Å². The lowest BCUT2D eigenvalue weighted by atomic mass is 9.97. The Labute approximate surface area is 242 Å². The molecule has 8 N–H and O–H groups in total. The summed E-state index contributed by atoms with van der Waals surface area (Å²) < 4.78 is 22.7. The Morgan fingerprint density at radius 2 is 1.12 bits per heavy atom. The van der Waals surface area contributed by atoms with Crippen molar-refractivity contribution in [2.75, 3.05) is 13.2 Å². The minimum atomic E-state index is -1.71. The van der Waals surface area contributed by atoms with Crippen LogP contribution in [0.4, 0.5) is 0 Å². The predicted molar refractivity (Wildman–Crippen MR) is 145 cm³/mol. The molecule has 242 valence electrons. The molecule has 2 aliphatic rings. The summed E-state index contributed by atoms with van der Waals surface area (Å²) in [7, 11) is 0.